The van der Waals surface area contributed by atoms with Crippen molar-refractivity contribution in [2.24, 2.45) is 0 Å². The van der Waals surface area contributed by atoms with Crippen molar-refractivity contribution >= 4 is 65.2 Å². The van der Waals surface area contributed by atoms with Gasteiger partial charge in [-0.05, 0) is 46.5 Å². The quantitative estimate of drug-likeness (QED) is 0.160. The molecular weight excluding hydrogens is 813 g/mol. The number of rotatable bonds is 7. The standard InChI is InChI=1S/C58H36N6S/c1-4-15-37(16-5-1)38-27-29-39(30-28-38)40-31-33-43(34-32-40)57-59-48-23-14-26-51(54(48)65-57)63-49-24-12-10-21-44(49)46-35-36-47-45-22-11-13-25-50(45)64(53(47)52(46)63)58-61-55(41-17-6-2-7-18-41)60-56(62-58)42-19-8-3-9-20-42/h1-36H. The average molecular weight is 849 g/mol. The van der Waals surface area contributed by atoms with E-state index < -0.39 is 0 Å². The lowest BCUT2D eigenvalue weighted by molar-refractivity contribution is 0.953. The van der Waals surface area contributed by atoms with Crippen LogP contribution in [0.25, 0.3) is 121 Å². The van der Waals surface area contributed by atoms with E-state index in [-0.39, 0.29) is 0 Å². The molecule has 0 radical (unpaired) electrons. The van der Waals surface area contributed by atoms with E-state index in [1.807, 2.05) is 36.4 Å². The van der Waals surface area contributed by atoms with E-state index in [1.165, 1.54) is 27.6 Å². The lowest BCUT2D eigenvalue weighted by atomic mass is 10.00. The molecule has 4 heterocycles. The zero-order chi connectivity index (χ0) is 42.8. The summed E-state index contributed by atoms with van der Waals surface area (Å²) in [6.07, 6.45) is 0. The SMILES string of the molecule is c1ccc(-c2ccc(-c3ccc(-c4nc5cccc(-n6c7ccccc7c7ccc8c9ccccc9n(-c9nc(-c%10ccccc%10)nc(-c%10ccccc%10)n9)c8c76)c5s4)cc3)cc2)cc1. The lowest BCUT2D eigenvalue weighted by Crippen LogP contribution is -2.07. The second-order valence-electron chi connectivity index (χ2n) is 16.2. The fourth-order valence-electron chi connectivity index (χ4n) is 9.38. The van der Waals surface area contributed by atoms with Gasteiger partial charge in [0.05, 0.1) is 38.0 Å². The maximum absolute atomic E-state index is 5.29. The molecule has 0 aliphatic heterocycles. The minimum atomic E-state index is 0.557. The summed E-state index contributed by atoms with van der Waals surface area (Å²) in [4.78, 5) is 20.9. The third kappa shape index (κ3) is 6.16. The summed E-state index contributed by atoms with van der Waals surface area (Å²) in [7, 11) is 0. The van der Waals surface area contributed by atoms with Crippen LogP contribution in [-0.2, 0) is 0 Å². The van der Waals surface area contributed by atoms with Gasteiger partial charge in [-0.15, -0.1) is 11.3 Å². The van der Waals surface area contributed by atoms with Crippen molar-refractivity contribution in [3.05, 3.63) is 218 Å². The van der Waals surface area contributed by atoms with Crippen molar-refractivity contribution in [3.8, 4) is 67.2 Å². The summed E-state index contributed by atoms with van der Waals surface area (Å²) in [5.74, 6) is 1.79. The highest BCUT2D eigenvalue weighted by Gasteiger charge is 2.24. The number of fused-ring (bicyclic) bond motifs is 8. The van der Waals surface area contributed by atoms with Crippen LogP contribution in [-0.4, -0.2) is 29.1 Å². The molecule has 0 aliphatic rings. The Morgan fingerprint density at radius 2 is 0.754 bits per heavy atom. The first-order valence-electron chi connectivity index (χ1n) is 21.7. The Bertz CT molecular complexity index is 3850. The third-order valence-corrected chi connectivity index (χ3v) is 13.6. The molecule has 304 valence electrons. The Hall–Kier alpha value is -8.52. The molecule has 6 nitrogen and oxygen atoms in total. The van der Waals surface area contributed by atoms with E-state index in [2.05, 4.69) is 191 Å². The zero-order valence-electron chi connectivity index (χ0n) is 34.9. The zero-order valence-corrected chi connectivity index (χ0v) is 35.7. The predicted molar refractivity (Wildman–Crippen MR) is 269 cm³/mol. The van der Waals surface area contributed by atoms with Gasteiger partial charge in [-0.25, -0.2) is 9.97 Å². The molecule has 0 aliphatic carbocycles. The summed E-state index contributed by atoms with van der Waals surface area (Å²) < 4.78 is 5.80. The van der Waals surface area contributed by atoms with Gasteiger partial charge in [0, 0.05) is 38.2 Å². The number of nitrogens with zero attached hydrogens (tertiary/aromatic N) is 6. The Labute approximate surface area is 378 Å². The van der Waals surface area contributed by atoms with Gasteiger partial charge in [0.25, 0.3) is 0 Å². The van der Waals surface area contributed by atoms with Gasteiger partial charge in [-0.1, -0.05) is 194 Å². The molecule has 13 rings (SSSR count). The molecule has 0 bridgehead atoms. The van der Waals surface area contributed by atoms with Crippen LogP contribution in [0, 0.1) is 0 Å². The molecule has 13 aromatic rings. The first kappa shape index (κ1) is 37.1. The Morgan fingerprint density at radius 3 is 1.31 bits per heavy atom. The second-order valence-corrected chi connectivity index (χ2v) is 17.2. The molecule has 0 atom stereocenters. The van der Waals surface area contributed by atoms with Crippen LogP contribution in [0.4, 0.5) is 0 Å². The molecule has 0 saturated heterocycles. The van der Waals surface area contributed by atoms with E-state index >= 15 is 0 Å². The minimum Gasteiger partial charge on any atom is -0.306 e. The highest BCUT2D eigenvalue weighted by molar-refractivity contribution is 7.22. The molecule has 7 heteroatoms. The molecule has 0 N–H and O–H groups in total. The van der Waals surface area contributed by atoms with Crippen molar-refractivity contribution in [1.29, 1.82) is 0 Å². The van der Waals surface area contributed by atoms with Gasteiger partial charge in [-0.2, -0.15) is 9.97 Å². The van der Waals surface area contributed by atoms with Gasteiger partial charge in [0.1, 0.15) is 5.01 Å². The topological polar surface area (TPSA) is 61.4 Å². The van der Waals surface area contributed by atoms with E-state index in [9.17, 15) is 0 Å². The van der Waals surface area contributed by atoms with Crippen LogP contribution in [0.2, 0.25) is 0 Å². The molecule has 4 aromatic heterocycles. The fourth-order valence-corrected chi connectivity index (χ4v) is 10.5. The highest BCUT2D eigenvalue weighted by Crippen LogP contribution is 2.44. The summed E-state index contributed by atoms with van der Waals surface area (Å²) in [5.41, 5.74) is 14.0. The molecule has 0 spiro atoms. The third-order valence-electron chi connectivity index (χ3n) is 12.4. The molecule has 0 saturated carbocycles. The van der Waals surface area contributed by atoms with Gasteiger partial charge in [-0.3, -0.25) is 4.57 Å². The van der Waals surface area contributed by atoms with E-state index in [4.69, 9.17) is 19.9 Å². The number of hydrogen-bond acceptors (Lipinski definition) is 5. The average Bonchev–Trinajstić information content (AvgIpc) is 4.08. The smallest absolute Gasteiger partial charge is 0.238 e. The van der Waals surface area contributed by atoms with Crippen molar-refractivity contribution in [3.63, 3.8) is 0 Å². The summed E-state index contributed by atoms with van der Waals surface area (Å²) >= 11 is 1.73. The monoisotopic (exact) mass is 848 g/mol. The Kier molecular flexibility index (Phi) is 8.60. The van der Waals surface area contributed by atoms with Crippen molar-refractivity contribution in [2.45, 2.75) is 0 Å². The van der Waals surface area contributed by atoms with Crippen LogP contribution in [0.5, 0.6) is 0 Å². The molecule has 65 heavy (non-hydrogen) atoms. The number of aromatic nitrogens is 6. The van der Waals surface area contributed by atoms with Gasteiger partial charge in [0.15, 0.2) is 11.6 Å². The van der Waals surface area contributed by atoms with Gasteiger partial charge < -0.3 is 4.57 Å². The fraction of sp³-hybridized carbons (Fsp3) is 0. The maximum atomic E-state index is 5.29. The number of hydrogen-bond donors (Lipinski definition) is 0. The van der Waals surface area contributed by atoms with Crippen molar-refractivity contribution in [2.75, 3.05) is 0 Å². The summed E-state index contributed by atoms with van der Waals surface area (Å²) in [5, 5.41) is 5.53. The first-order valence-corrected chi connectivity index (χ1v) is 22.5. The lowest BCUT2D eigenvalue weighted by Gasteiger charge is -2.13. The maximum Gasteiger partial charge on any atom is 0.238 e. The number of thiazole rings is 1. The van der Waals surface area contributed by atoms with E-state index in [1.54, 1.807) is 11.3 Å². The molecular formula is C58H36N6S. The van der Waals surface area contributed by atoms with E-state index in [0.717, 1.165) is 75.8 Å². The molecule has 0 unspecified atom stereocenters. The molecule has 0 fully saturated rings. The Morgan fingerprint density at radius 1 is 0.308 bits per heavy atom. The first-order chi connectivity index (χ1) is 32.2. The van der Waals surface area contributed by atoms with Crippen LogP contribution in [0.1, 0.15) is 0 Å². The molecule has 0 amide bonds. The van der Waals surface area contributed by atoms with E-state index in [0.29, 0.717) is 17.6 Å². The van der Waals surface area contributed by atoms with Crippen molar-refractivity contribution in [1.82, 2.24) is 29.1 Å². The summed E-state index contributed by atoms with van der Waals surface area (Å²) in [6.45, 7) is 0. The van der Waals surface area contributed by atoms with Crippen LogP contribution in [0.3, 0.4) is 0 Å². The highest BCUT2D eigenvalue weighted by atomic mass is 32.1. The predicted octanol–water partition coefficient (Wildman–Crippen LogP) is 15.0. The second kappa shape index (κ2) is 15.1. The van der Waals surface area contributed by atoms with Crippen LogP contribution < -0.4 is 0 Å². The minimum absolute atomic E-state index is 0.557. The Balaban J connectivity index is 1.01. The number of para-hydroxylation sites is 2. The largest absolute Gasteiger partial charge is 0.306 e. The van der Waals surface area contributed by atoms with Crippen molar-refractivity contribution < 1.29 is 0 Å². The van der Waals surface area contributed by atoms with Gasteiger partial charge >= 0.3 is 0 Å². The molecule has 9 aromatic carbocycles. The number of benzene rings is 9. The van der Waals surface area contributed by atoms with Crippen LogP contribution >= 0.6 is 11.3 Å². The summed E-state index contributed by atoms with van der Waals surface area (Å²) in [6, 6.07) is 76.8. The van der Waals surface area contributed by atoms with Gasteiger partial charge in [0.2, 0.25) is 5.95 Å². The van der Waals surface area contributed by atoms with Crippen LogP contribution in [0.15, 0.2) is 218 Å². The normalized spacial score (nSPS) is 11.7.